The molecule has 0 aliphatic heterocycles. The minimum atomic E-state index is -4.32. The van der Waals surface area contributed by atoms with Crippen LogP contribution < -0.4 is 19.7 Å². The van der Waals surface area contributed by atoms with Crippen LogP contribution in [0.25, 0.3) is 0 Å². The average Bonchev–Trinajstić information content (AvgIpc) is 3.01. The Morgan fingerprint density at radius 3 is 1.46 bits per heavy atom. The third-order valence-electron chi connectivity index (χ3n) is 6.62. The molecule has 0 aliphatic rings. The Bertz CT molecular complexity index is 1630. The SMILES string of the molecule is CC(c1ccccc1[N+](=O)[O-])P(=NP(=O)(Oc1ccccc1)Oc1ccccc1)(c1ccccc1)c1ccccc1. The summed E-state index contributed by atoms with van der Waals surface area (Å²) < 4.78 is 32.4. The fourth-order valence-corrected chi connectivity index (χ4v) is 11.8. The first kappa shape index (κ1) is 28.1. The van der Waals surface area contributed by atoms with E-state index in [1.165, 1.54) is 6.07 Å². The molecule has 0 bridgehead atoms. The smallest absolute Gasteiger partial charge is 0.399 e. The highest BCUT2D eigenvalue weighted by atomic mass is 31.2. The van der Waals surface area contributed by atoms with Crippen LogP contribution in [-0.2, 0) is 4.57 Å². The molecule has 1 unspecified atom stereocenters. The van der Waals surface area contributed by atoms with Gasteiger partial charge in [-0.25, -0.2) is 4.57 Å². The topological polar surface area (TPSA) is 91.0 Å². The summed E-state index contributed by atoms with van der Waals surface area (Å²) in [6.07, 6.45) is 0. The van der Waals surface area contributed by atoms with Gasteiger partial charge in [-0.3, -0.25) is 10.1 Å². The lowest BCUT2D eigenvalue weighted by molar-refractivity contribution is -0.385. The second kappa shape index (κ2) is 12.4. The molecule has 7 nitrogen and oxygen atoms in total. The van der Waals surface area contributed by atoms with Crippen molar-refractivity contribution in [2.75, 3.05) is 0 Å². The van der Waals surface area contributed by atoms with Gasteiger partial charge in [-0.1, -0.05) is 122 Å². The molecule has 0 aliphatic carbocycles. The monoisotopic (exact) mass is 582 g/mol. The van der Waals surface area contributed by atoms with Gasteiger partial charge in [-0.15, -0.1) is 0 Å². The van der Waals surface area contributed by atoms with Gasteiger partial charge in [-0.05, 0) is 34.9 Å². The largest absolute Gasteiger partial charge is 0.562 e. The fraction of sp³-hybridized carbons (Fsp3) is 0.0625. The molecule has 0 radical (unpaired) electrons. The molecule has 41 heavy (non-hydrogen) atoms. The molecular weight excluding hydrogens is 554 g/mol. The zero-order valence-electron chi connectivity index (χ0n) is 22.3. The molecule has 0 saturated carbocycles. The molecule has 0 spiro atoms. The zero-order valence-corrected chi connectivity index (χ0v) is 24.1. The molecule has 206 valence electrons. The predicted octanol–water partition coefficient (Wildman–Crippen LogP) is 8.77. The summed E-state index contributed by atoms with van der Waals surface area (Å²) in [6.45, 7) is 1.90. The van der Waals surface area contributed by atoms with Gasteiger partial charge < -0.3 is 9.05 Å². The van der Waals surface area contributed by atoms with Crippen molar-refractivity contribution in [3.63, 3.8) is 0 Å². The molecular formula is C32H28N2O5P2. The van der Waals surface area contributed by atoms with Crippen molar-refractivity contribution < 1.29 is 18.5 Å². The molecule has 1 atom stereocenters. The molecule has 0 amide bonds. The Labute approximate surface area is 239 Å². The lowest BCUT2D eigenvalue weighted by atomic mass is 10.1. The van der Waals surface area contributed by atoms with Crippen LogP contribution in [0.1, 0.15) is 18.1 Å². The molecule has 5 rings (SSSR count). The van der Waals surface area contributed by atoms with Gasteiger partial charge in [0.15, 0.2) is 0 Å². The van der Waals surface area contributed by atoms with E-state index in [0.717, 1.165) is 10.6 Å². The Morgan fingerprint density at radius 2 is 1.02 bits per heavy atom. The molecule has 0 fully saturated rings. The average molecular weight is 583 g/mol. The van der Waals surface area contributed by atoms with Crippen LogP contribution in [0, 0.1) is 10.1 Å². The maximum atomic E-state index is 15.0. The molecule has 5 aromatic carbocycles. The van der Waals surface area contributed by atoms with E-state index in [4.69, 9.17) is 13.6 Å². The van der Waals surface area contributed by atoms with Crippen molar-refractivity contribution in [1.82, 2.24) is 0 Å². The van der Waals surface area contributed by atoms with Crippen molar-refractivity contribution in [2.24, 2.45) is 4.52 Å². The van der Waals surface area contributed by atoms with Crippen LogP contribution in [0.5, 0.6) is 11.5 Å². The second-order valence-corrected chi connectivity index (χ2v) is 14.4. The Balaban J connectivity index is 1.86. The van der Waals surface area contributed by atoms with Crippen LogP contribution in [0.3, 0.4) is 0 Å². The van der Waals surface area contributed by atoms with Gasteiger partial charge in [0, 0.05) is 24.3 Å². The van der Waals surface area contributed by atoms with Crippen LogP contribution in [0.4, 0.5) is 5.69 Å². The van der Waals surface area contributed by atoms with E-state index in [9.17, 15) is 14.7 Å². The van der Waals surface area contributed by atoms with Gasteiger partial charge in [0.05, 0.1) is 4.92 Å². The van der Waals surface area contributed by atoms with E-state index >= 15 is 0 Å². The minimum Gasteiger partial charge on any atom is -0.399 e. The summed E-state index contributed by atoms with van der Waals surface area (Å²) in [5.74, 6) is 0.654. The quantitative estimate of drug-likeness (QED) is 0.0933. The van der Waals surface area contributed by atoms with Crippen LogP contribution in [-0.4, -0.2) is 4.92 Å². The maximum absolute atomic E-state index is 15.0. The first-order valence-electron chi connectivity index (χ1n) is 13.0. The van der Waals surface area contributed by atoms with Crippen molar-refractivity contribution >= 4 is 31.1 Å². The summed E-state index contributed by atoms with van der Waals surface area (Å²) in [7, 11) is -7.49. The number of hydrogen-bond donors (Lipinski definition) is 0. The molecule has 5 aromatic rings. The fourth-order valence-electron chi connectivity index (χ4n) is 4.75. The second-order valence-electron chi connectivity index (χ2n) is 9.22. The molecule has 0 saturated heterocycles. The van der Waals surface area contributed by atoms with Crippen molar-refractivity contribution in [3.8, 4) is 11.5 Å². The summed E-state index contributed by atoms with van der Waals surface area (Å²) >= 11 is 0. The van der Waals surface area contributed by atoms with Gasteiger partial charge >= 0.3 is 7.75 Å². The van der Waals surface area contributed by atoms with E-state index in [1.807, 2.05) is 79.7 Å². The molecule has 0 N–H and O–H groups in total. The first-order chi connectivity index (χ1) is 19.9. The van der Waals surface area contributed by atoms with E-state index in [-0.39, 0.29) is 5.69 Å². The molecule has 9 heteroatoms. The lowest BCUT2D eigenvalue weighted by Gasteiger charge is -2.33. The summed E-state index contributed by atoms with van der Waals surface area (Å²) in [4.78, 5) is 11.8. The predicted molar refractivity (Wildman–Crippen MR) is 165 cm³/mol. The van der Waals surface area contributed by atoms with Gasteiger partial charge in [0.2, 0.25) is 0 Å². The number of rotatable bonds is 10. The highest BCUT2D eigenvalue weighted by Crippen LogP contribution is 2.68. The minimum absolute atomic E-state index is 0.0331. The van der Waals surface area contributed by atoms with Crippen molar-refractivity contribution in [1.29, 1.82) is 0 Å². The van der Waals surface area contributed by atoms with Crippen molar-refractivity contribution in [3.05, 3.63) is 161 Å². The highest BCUT2D eigenvalue weighted by Gasteiger charge is 2.41. The Hall–Kier alpha value is -4.44. The summed E-state index contributed by atoms with van der Waals surface area (Å²) in [5, 5.41) is 13.7. The Morgan fingerprint density at radius 1 is 0.634 bits per heavy atom. The third-order valence-corrected chi connectivity index (χ3v) is 13.1. The number of nitro groups is 1. The number of nitro benzene ring substituents is 1. The zero-order chi connectivity index (χ0) is 28.7. The van der Waals surface area contributed by atoms with Crippen molar-refractivity contribution in [2.45, 2.75) is 12.6 Å². The number of benzene rings is 5. The highest BCUT2D eigenvalue weighted by molar-refractivity contribution is 7.84. The summed E-state index contributed by atoms with van der Waals surface area (Å²) in [6, 6.07) is 43.1. The first-order valence-corrected chi connectivity index (χ1v) is 16.3. The van der Waals surface area contributed by atoms with Gasteiger partial charge in [-0.2, -0.15) is 4.52 Å². The van der Waals surface area contributed by atoms with E-state index in [0.29, 0.717) is 17.1 Å². The van der Waals surface area contributed by atoms with E-state index in [2.05, 4.69) is 0 Å². The maximum Gasteiger partial charge on any atom is 0.562 e. The Kier molecular flexibility index (Phi) is 8.49. The molecule has 0 aromatic heterocycles. The third kappa shape index (κ3) is 6.17. The summed E-state index contributed by atoms with van der Waals surface area (Å²) in [5.41, 5.74) is -0.122. The number of para-hydroxylation sites is 3. The van der Waals surface area contributed by atoms with Crippen LogP contribution in [0.2, 0.25) is 0 Å². The van der Waals surface area contributed by atoms with Gasteiger partial charge in [0.1, 0.15) is 11.5 Å². The normalized spacial score (nSPS) is 12.2. The lowest BCUT2D eigenvalue weighted by Crippen LogP contribution is -2.21. The number of nitrogens with zero attached hydrogens (tertiary/aromatic N) is 2. The number of hydrogen-bond acceptors (Lipinski definition) is 5. The standard InChI is InChI=1S/C32H28N2O5P2/c1-26(31-24-14-15-25-32(31)34(35)36)40(29-20-10-4-11-21-29,30-22-12-5-13-23-30)33-41(37,38-27-16-6-2-7-17-27)39-28-18-8-3-9-19-28/h2-26H,1H3. The van der Waals surface area contributed by atoms with Gasteiger partial charge in [0.25, 0.3) is 5.69 Å². The molecule has 0 heterocycles. The van der Waals surface area contributed by atoms with Crippen LogP contribution >= 0.6 is 14.8 Å². The van der Waals surface area contributed by atoms with Crippen LogP contribution in [0.15, 0.2) is 150 Å². The van der Waals surface area contributed by atoms with E-state index in [1.54, 1.807) is 66.7 Å². The van der Waals surface area contributed by atoms with E-state index < -0.39 is 25.4 Å².